The van der Waals surface area contributed by atoms with Crippen LogP contribution in [0.15, 0.2) is 152 Å². The van der Waals surface area contributed by atoms with Crippen molar-refractivity contribution in [1.82, 2.24) is 0 Å². The first-order valence-corrected chi connectivity index (χ1v) is 12.9. The summed E-state index contributed by atoms with van der Waals surface area (Å²) in [6.45, 7) is 0. The Balaban J connectivity index is 1.83. The molecule has 6 aromatic rings. The zero-order chi connectivity index (χ0) is 25.0. The van der Waals surface area contributed by atoms with Crippen LogP contribution in [-0.2, 0) is 0 Å². The van der Waals surface area contributed by atoms with Crippen molar-refractivity contribution in [2.75, 3.05) is 0 Å². The second kappa shape index (κ2) is 10.3. The average Bonchev–Trinajstić information content (AvgIpc) is 2.98. The fraction of sp³-hybridized carbons (Fsp3) is 0. The van der Waals surface area contributed by atoms with Crippen LogP contribution in [0.3, 0.4) is 0 Å². The van der Waals surface area contributed by atoms with Crippen molar-refractivity contribution < 1.29 is 0 Å². The standard InChI is InChI=1S/C36H25Cl/c37-31-23-21-27(22-24-31)33-25-32(26-13-5-1-6-14-26)34(28-15-7-2-8-16-28)36(30-19-11-4-12-20-30)35(33)29-17-9-3-10-18-29/h1-25H. The van der Waals surface area contributed by atoms with Gasteiger partial charge in [0.05, 0.1) is 0 Å². The van der Waals surface area contributed by atoms with E-state index < -0.39 is 0 Å². The molecule has 0 aliphatic carbocycles. The number of benzene rings is 6. The van der Waals surface area contributed by atoms with Gasteiger partial charge >= 0.3 is 0 Å². The molecule has 0 unspecified atom stereocenters. The normalized spacial score (nSPS) is 10.8. The highest BCUT2D eigenvalue weighted by Crippen LogP contribution is 2.50. The Morgan fingerprint density at radius 1 is 0.297 bits per heavy atom. The summed E-state index contributed by atoms with van der Waals surface area (Å²) >= 11 is 6.32. The van der Waals surface area contributed by atoms with E-state index in [0.29, 0.717) is 0 Å². The van der Waals surface area contributed by atoms with E-state index in [1.165, 1.54) is 50.1 Å². The molecule has 0 aromatic heterocycles. The first-order chi connectivity index (χ1) is 18.3. The fourth-order valence-electron chi connectivity index (χ4n) is 5.09. The number of halogens is 1. The fourth-order valence-corrected chi connectivity index (χ4v) is 5.21. The topological polar surface area (TPSA) is 0 Å². The second-order valence-electron chi connectivity index (χ2n) is 9.07. The monoisotopic (exact) mass is 492 g/mol. The van der Waals surface area contributed by atoms with E-state index in [0.717, 1.165) is 10.6 Å². The van der Waals surface area contributed by atoms with Gasteiger partial charge in [-0.25, -0.2) is 0 Å². The van der Waals surface area contributed by atoms with Crippen LogP contribution in [0.5, 0.6) is 0 Å². The molecular weight excluding hydrogens is 468 g/mol. The number of hydrogen-bond acceptors (Lipinski definition) is 0. The quantitative estimate of drug-likeness (QED) is 0.224. The summed E-state index contributed by atoms with van der Waals surface area (Å²) in [5.74, 6) is 0. The summed E-state index contributed by atoms with van der Waals surface area (Å²) in [7, 11) is 0. The summed E-state index contributed by atoms with van der Waals surface area (Å²) in [5.41, 5.74) is 11.9. The summed E-state index contributed by atoms with van der Waals surface area (Å²) < 4.78 is 0. The minimum absolute atomic E-state index is 0.734. The van der Waals surface area contributed by atoms with Gasteiger partial charge in [0.2, 0.25) is 0 Å². The third-order valence-electron chi connectivity index (χ3n) is 6.75. The van der Waals surface area contributed by atoms with Crippen LogP contribution in [0.2, 0.25) is 5.02 Å². The van der Waals surface area contributed by atoms with Crippen LogP contribution in [0.25, 0.3) is 55.6 Å². The molecule has 1 heteroatoms. The van der Waals surface area contributed by atoms with Crippen molar-refractivity contribution in [3.05, 3.63) is 157 Å². The maximum atomic E-state index is 6.32. The lowest BCUT2D eigenvalue weighted by Gasteiger charge is -2.24. The van der Waals surface area contributed by atoms with Gasteiger partial charge in [0.1, 0.15) is 0 Å². The van der Waals surface area contributed by atoms with Gasteiger partial charge in [-0.1, -0.05) is 145 Å². The van der Waals surface area contributed by atoms with Gasteiger partial charge in [-0.2, -0.15) is 0 Å². The van der Waals surface area contributed by atoms with Gasteiger partial charge < -0.3 is 0 Å². The lowest BCUT2D eigenvalue weighted by atomic mass is 9.79. The molecule has 0 bridgehead atoms. The molecule has 0 N–H and O–H groups in total. The third-order valence-corrected chi connectivity index (χ3v) is 7.01. The van der Waals surface area contributed by atoms with E-state index in [1.807, 2.05) is 12.1 Å². The minimum Gasteiger partial charge on any atom is -0.0843 e. The molecule has 0 fully saturated rings. The average molecular weight is 493 g/mol. The van der Waals surface area contributed by atoms with Gasteiger partial charge in [-0.05, 0) is 73.8 Å². The van der Waals surface area contributed by atoms with Crippen LogP contribution in [0.1, 0.15) is 0 Å². The summed E-state index contributed by atoms with van der Waals surface area (Å²) in [6.07, 6.45) is 0. The smallest absolute Gasteiger partial charge is 0.0406 e. The van der Waals surface area contributed by atoms with Crippen molar-refractivity contribution in [3.8, 4) is 55.6 Å². The molecule has 0 radical (unpaired) electrons. The molecule has 6 aromatic carbocycles. The van der Waals surface area contributed by atoms with Gasteiger partial charge in [0.25, 0.3) is 0 Å². The lowest BCUT2D eigenvalue weighted by molar-refractivity contribution is 1.53. The molecular formula is C36H25Cl. The minimum atomic E-state index is 0.734. The Morgan fingerprint density at radius 2 is 0.622 bits per heavy atom. The van der Waals surface area contributed by atoms with Gasteiger partial charge in [-0.3, -0.25) is 0 Å². The molecule has 0 saturated carbocycles. The Morgan fingerprint density at radius 3 is 1.03 bits per heavy atom. The predicted molar refractivity (Wildman–Crippen MR) is 159 cm³/mol. The summed E-state index contributed by atoms with van der Waals surface area (Å²) in [6, 6.07) is 53.4. The highest BCUT2D eigenvalue weighted by Gasteiger charge is 2.23. The highest BCUT2D eigenvalue weighted by atomic mass is 35.5. The van der Waals surface area contributed by atoms with E-state index in [2.05, 4.69) is 140 Å². The zero-order valence-corrected chi connectivity index (χ0v) is 21.1. The first-order valence-electron chi connectivity index (χ1n) is 12.5. The highest BCUT2D eigenvalue weighted by molar-refractivity contribution is 6.30. The molecule has 176 valence electrons. The number of rotatable bonds is 5. The predicted octanol–water partition coefficient (Wildman–Crippen LogP) is 10.7. The van der Waals surface area contributed by atoms with Crippen molar-refractivity contribution in [2.24, 2.45) is 0 Å². The molecule has 0 aliphatic rings. The van der Waals surface area contributed by atoms with Gasteiger partial charge in [0.15, 0.2) is 0 Å². The van der Waals surface area contributed by atoms with E-state index >= 15 is 0 Å². The van der Waals surface area contributed by atoms with E-state index in [-0.39, 0.29) is 0 Å². The molecule has 0 nitrogen and oxygen atoms in total. The third kappa shape index (κ3) is 4.60. The van der Waals surface area contributed by atoms with Crippen LogP contribution in [-0.4, -0.2) is 0 Å². The Labute approximate surface area is 223 Å². The van der Waals surface area contributed by atoms with Crippen molar-refractivity contribution in [3.63, 3.8) is 0 Å². The SMILES string of the molecule is Clc1ccc(-c2cc(-c3ccccc3)c(-c3ccccc3)c(-c3ccccc3)c2-c2ccccc2)cc1. The molecule has 0 atom stereocenters. The number of hydrogen-bond donors (Lipinski definition) is 0. The molecule has 0 spiro atoms. The van der Waals surface area contributed by atoms with Crippen molar-refractivity contribution in [1.29, 1.82) is 0 Å². The van der Waals surface area contributed by atoms with Crippen molar-refractivity contribution in [2.45, 2.75) is 0 Å². The summed E-state index contributed by atoms with van der Waals surface area (Å²) in [5, 5.41) is 0.734. The maximum absolute atomic E-state index is 6.32. The van der Waals surface area contributed by atoms with Gasteiger partial charge in [0, 0.05) is 5.02 Å². The largest absolute Gasteiger partial charge is 0.0843 e. The first kappa shape index (κ1) is 23.0. The van der Waals surface area contributed by atoms with E-state index in [1.54, 1.807) is 0 Å². The Hall–Kier alpha value is -4.39. The van der Waals surface area contributed by atoms with Gasteiger partial charge in [-0.15, -0.1) is 0 Å². The molecule has 0 saturated heterocycles. The second-order valence-corrected chi connectivity index (χ2v) is 9.50. The van der Waals surface area contributed by atoms with Crippen LogP contribution < -0.4 is 0 Å². The van der Waals surface area contributed by atoms with Crippen LogP contribution >= 0.6 is 11.6 Å². The Kier molecular flexibility index (Phi) is 6.42. The van der Waals surface area contributed by atoms with Crippen molar-refractivity contribution >= 4 is 11.6 Å². The molecule has 0 heterocycles. The van der Waals surface area contributed by atoms with E-state index in [4.69, 9.17) is 11.6 Å². The van der Waals surface area contributed by atoms with E-state index in [9.17, 15) is 0 Å². The lowest BCUT2D eigenvalue weighted by Crippen LogP contribution is -1.98. The zero-order valence-electron chi connectivity index (χ0n) is 20.3. The molecule has 0 amide bonds. The molecule has 6 rings (SSSR count). The molecule has 0 aliphatic heterocycles. The van der Waals surface area contributed by atoms with Crippen LogP contribution in [0.4, 0.5) is 0 Å². The summed E-state index contributed by atoms with van der Waals surface area (Å²) in [4.78, 5) is 0. The van der Waals surface area contributed by atoms with Crippen LogP contribution in [0, 0.1) is 0 Å². The maximum Gasteiger partial charge on any atom is 0.0406 e. The Bertz CT molecular complexity index is 1620. The molecule has 37 heavy (non-hydrogen) atoms.